The minimum Gasteiger partial charge on any atom is -0.481 e. The van der Waals surface area contributed by atoms with Crippen LogP contribution in [-0.4, -0.2) is 68.5 Å². The Morgan fingerprint density at radius 3 is 1.02 bits per heavy atom. The molecule has 0 aromatic carbocycles. The largest absolute Gasteiger partial charge is 0.481 e. The van der Waals surface area contributed by atoms with Crippen LogP contribution in [0, 0.1) is 0 Å². The van der Waals surface area contributed by atoms with Gasteiger partial charge in [0.05, 0.1) is 12.7 Å². The van der Waals surface area contributed by atoms with Crippen molar-refractivity contribution < 1.29 is 40.2 Å². The number of hydrogen-bond donors (Lipinski definition) is 6. The lowest BCUT2D eigenvalue weighted by Gasteiger charge is -2.06. The van der Waals surface area contributed by atoms with Gasteiger partial charge in [0.2, 0.25) is 0 Å². The van der Waals surface area contributed by atoms with Crippen LogP contribution in [0.3, 0.4) is 0 Å². The smallest absolute Gasteiger partial charge is 0.303 e. The molecule has 1 atom stereocenters. The predicted octanol–water partition coefficient (Wildman–Crippen LogP) is 8.02. The molecule has 0 bridgehead atoms. The topological polar surface area (TPSA) is 156 Å². The summed E-state index contributed by atoms with van der Waals surface area (Å²) >= 11 is 0. The second kappa shape index (κ2) is 41.9. The first-order valence-corrected chi connectivity index (χ1v) is 17.3. The standard InChI is InChI=1S/2C12H26O2.C10H18O4/c1-2-3-4-5-6-7-8-9-10-12(14)11-13;13-11-9-7-5-3-1-2-4-6-8-10-12-14;11-9(12)7-5-3-1-2-4-6-8-10(13)14/h12-14H,2-11H2,1H3;13-14H,1-12H2;1-8H2,(H,11,12)(H,13,14). The highest BCUT2D eigenvalue weighted by Crippen LogP contribution is 2.11. The van der Waals surface area contributed by atoms with E-state index in [1.807, 2.05) is 0 Å². The minimum absolute atomic E-state index is 0.0868. The number of unbranched alkanes of at least 4 members (excludes halogenated alkanes) is 21. The van der Waals surface area contributed by atoms with Crippen molar-refractivity contribution in [1.82, 2.24) is 0 Å². The monoisotopic (exact) mass is 607 g/mol. The van der Waals surface area contributed by atoms with Crippen molar-refractivity contribution in [2.24, 2.45) is 0 Å². The third-order valence-corrected chi connectivity index (χ3v) is 7.20. The number of aliphatic hydroxyl groups excluding tert-OH is 4. The number of rotatable bonds is 30. The van der Waals surface area contributed by atoms with Gasteiger partial charge in [0.25, 0.3) is 0 Å². The van der Waals surface area contributed by atoms with Gasteiger partial charge in [0, 0.05) is 26.1 Å². The molecule has 6 N–H and O–H groups in total. The SMILES string of the molecule is CCCCCCCCCCC(O)CO.O=C(O)CCCCCCCCC(=O)O.OCCCCCCCCCCCCO. The van der Waals surface area contributed by atoms with Crippen LogP contribution in [0.25, 0.3) is 0 Å². The maximum atomic E-state index is 10.1. The summed E-state index contributed by atoms with van der Waals surface area (Å²) in [6.45, 7) is 2.84. The van der Waals surface area contributed by atoms with E-state index in [-0.39, 0.29) is 19.4 Å². The van der Waals surface area contributed by atoms with Crippen LogP contribution in [0.4, 0.5) is 0 Å². The average molecular weight is 607 g/mol. The van der Waals surface area contributed by atoms with Crippen molar-refractivity contribution >= 4 is 11.9 Å². The van der Waals surface area contributed by atoms with E-state index in [1.54, 1.807) is 0 Å². The first kappa shape index (κ1) is 45.2. The van der Waals surface area contributed by atoms with Gasteiger partial charge in [-0.3, -0.25) is 9.59 Å². The summed E-state index contributed by atoms with van der Waals surface area (Å²) in [7, 11) is 0. The molecule has 42 heavy (non-hydrogen) atoms. The van der Waals surface area contributed by atoms with Crippen molar-refractivity contribution in [3.8, 4) is 0 Å². The van der Waals surface area contributed by atoms with Gasteiger partial charge in [-0.1, -0.05) is 135 Å². The number of carbonyl (C=O) groups is 2. The Bertz CT molecular complexity index is 484. The van der Waals surface area contributed by atoms with Crippen molar-refractivity contribution in [3.05, 3.63) is 0 Å². The number of carboxylic acids is 2. The van der Waals surface area contributed by atoms with E-state index < -0.39 is 18.0 Å². The van der Waals surface area contributed by atoms with Gasteiger partial charge < -0.3 is 30.6 Å². The lowest BCUT2D eigenvalue weighted by molar-refractivity contribution is -0.138. The summed E-state index contributed by atoms with van der Waals surface area (Å²) in [5, 5.41) is 51.5. The van der Waals surface area contributed by atoms with E-state index in [1.165, 1.54) is 96.3 Å². The Morgan fingerprint density at radius 2 is 0.738 bits per heavy atom. The van der Waals surface area contributed by atoms with Crippen LogP contribution in [-0.2, 0) is 9.59 Å². The zero-order chi connectivity index (χ0) is 31.9. The Balaban J connectivity index is -0.000000543. The molecule has 8 nitrogen and oxygen atoms in total. The lowest BCUT2D eigenvalue weighted by Crippen LogP contribution is -2.10. The zero-order valence-corrected chi connectivity index (χ0v) is 27.3. The van der Waals surface area contributed by atoms with E-state index in [2.05, 4.69) is 6.92 Å². The van der Waals surface area contributed by atoms with Crippen LogP contribution >= 0.6 is 0 Å². The first-order valence-electron chi connectivity index (χ1n) is 17.3. The van der Waals surface area contributed by atoms with E-state index in [4.69, 9.17) is 30.6 Å². The zero-order valence-electron chi connectivity index (χ0n) is 27.3. The van der Waals surface area contributed by atoms with Crippen molar-refractivity contribution in [1.29, 1.82) is 0 Å². The molecule has 1 unspecified atom stereocenters. The summed E-state index contributed by atoms with van der Waals surface area (Å²) < 4.78 is 0. The Morgan fingerprint density at radius 1 is 0.452 bits per heavy atom. The molecule has 0 aliphatic rings. The minimum atomic E-state index is -0.740. The quantitative estimate of drug-likeness (QED) is 0.0449. The van der Waals surface area contributed by atoms with Gasteiger partial charge in [0.15, 0.2) is 0 Å². The van der Waals surface area contributed by atoms with Crippen molar-refractivity contribution in [2.75, 3.05) is 19.8 Å². The number of hydrogen-bond acceptors (Lipinski definition) is 6. The van der Waals surface area contributed by atoms with E-state index in [0.717, 1.165) is 64.2 Å². The second-order valence-electron chi connectivity index (χ2n) is 11.5. The normalized spacial score (nSPS) is 11.3. The second-order valence-corrected chi connectivity index (χ2v) is 11.5. The number of aliphatic carboxylic acids is 2. The van der Waals surface area contributed by atoms with Crippen LogP contribution in [0.2, 0.25) is 0 Å². The molecule has 0 fully saturated rings. The molecule has 0 aliphatic carbocycles. The molecule has 0 rings (SSSR count). The molecular formula is C34H70O8. The molecular weight excluding hydrogens is 536 g/mol. The Labute approximate surface area is 258 Å². The van der Waals surface area contributed by atoms with Crippen molar-refractivity contribution in [3.63, 3.8) is 0 Å². The molecule has 0 amide bonds. The van der Waals surface area contributed by atoms with Gasteiger partial charge >= 0.3 is 11.9 Å². The fourth-order valence-corrected chi connectivity index (χ4v) is 4.50. The molecule has 254 valence electrons. The van der Waals surface area contributed by atoms with Gasteiger partial charge in [-0.2, -0.15) is 0 Å². The van der Waals surface area contributed by atoms with Gasteiger partial charge in [0.1, 0.15) is 0 Å². The van der Waals surface area contributed by atoms with Crippen molar-refractivity contribution in [2.45, 2.75) is 186 Å². The summed E-state index contributed by atoms with van der Waals surface area (Å²) in [6, 6.07) is 0. The molecule has 0 radical (unpaired) electrons. The highest BCUT2D eigenvalue weighted by molar-refractivity contribution is 5.66. The third kappa shape index (κ3) is 51.5. The van der Waals surface area contributed by atoms with Crippen LogP contribution in [0.15, 0.2) is 0 Å². The first-order chi connectivity index (χ1) is 20.3. The van der Waals surface area contributed by atoms with Gasteiger partial charge in [-0.25, -0.2) is 0 Å². The van der Waals surface area contributed by atoms with Crippen LogP contribution < -0.4 is 0 Å². The van der Waals surface area contributed by atoms with Crippen LogP contribution in [0.5, 0.6) is 0 Å². The predicted molar refractivity (Wildman–Crippen MR) is 173 cm³/mol. The third-order valence-electron chi connectivity index (χ3n) is 7.20. The molecule has 0 aliphatic heterocycles. The summed E-state index contributed by atoms with van der Waals surface area (Å²) in [4.78, 5) is 20.3. The molecule has 0 heterocycles. The highest BCUT2D eigenvalue weighted by atomic mass is 16.4. The van der Waals surface area contributed by atoms with E-state index in [9.17, 15) is 9.59 Å². The highest BCUT2D eigenvalue weighted by Gasteiger charge is 2.01. The van der Waals surface area contributed by atoms with E-state index >= 15 is 0 Å². The Hall–Kier alpha value is -1.22. The maximum absolute atomic E-state index is 10.1. The Kier molecular flexibility index (Phi) is 45.1. The molecule has 0 saturated carbocycles. The molecule has 0 aromatic heterocycles. The van der Waals surface area contributed by atoms with Gasteiger partial charge in [-0.05, 0) is 32.1 Å². The molecule has 0 spiro atoms. The fraction of sp³-hybridized carbons (Fsp3) is 0.941. The molecule has 8 heteroatoms. The summed E-state index contributed by atoms with van der Waals surface area (Å²) in [5.74, 6) is -1.48. The molecule has 0 aromatic rings. The van der Waals surface area contributed by atoms with Crippen LogP contribution in [0.1, 0.15) is 180 Å². The summed E-state index contributed by atoms with van der Waals surface area (Å²) in [5.41, 5.74) is 0. The lowest BCUT2D eigenvalue weighted by atomic mass is 10.1. The number of carboxylic acid groups (broad SMARTS) is 2. The van der Waals surface area contributed by atoms with E-state index in [0.29, 0.717) is 13.2 Å². The van der Waals surface area contributed by atoms with Gasteiger partial charge in [-0.15, -0.1) is 0 Å². The summed E-state index contributed by atoms with van der Waals surface area (Å²) in [6.07, 6.45) is 28.5. The molecule has 0 saturated heterocycles. The number of aliphatic hydroxyl groups is 4. The fourth-order valence-electron chi connectivity index (χ4n) is 4.50. The maximum Gasteiger partial charge on any atom is 0.303 e. The average Bonchev–Trinajstić information content (AvgIpc) is 2.97.